The van der Waals surface area contributed by atoms with E-state index in [4.69, 9.17) is 18.9 Å². The predicted octanol–water partition coefficient (Wildman–Crippen LogP) is 4.49. The van der Waals surface area contributed by atoms with Crippen molar-refractivity contribution in [3.63, 3.8) is 0 Å². The predicted molar refractivity (Wildman–Crippen MR) is 173 cm³/mol. The molecule has 49 heavy (non-hydrogen) atoms. The van der Waals surface area contributed by atoms with E-state index in [0.717, 1.165) is 16.0 Å². The van der Waals surface area contributed by atoms with Gasteiger partial charge in [-0.15, -0.1) is 0 Å². The number of aliphatic carboxylic acids is 3. The number of carbonyl (C=O) groups excluding carboxylic acids is 2. The number of amides is 1. The molecule has 1 aliphatic heterocycles. The molecule has 0 aliphatic carbocycles. The van der Waals surface area contributed by atoms with Crippen molar-refractivity contribution in [2.24, 2.45) is 0 Å². The molecule has 3 N–H and O–H groups in total. The summed E-state index contributed by atoms with van der Waals surface area (Å²) in [6, 6.07) is 24.8. The van der Waals surface area contributed by atoms with E-state index in [1.54, 1.807) is 43.3 Å². The number of nitrogens with zero attached hydrogens (tertiary/aromatic N) is 1. The summed E-state index contributed by atoms with van der Waals surface area (Å²) in [4.78, 5) is 64.8. The van der Waals surface area contributed by atoms with Crippen molar-refractivity contribution >= 4 is 29.8 Å². The average molecular weight is 678 g/mol. The Hall–Kier alpha value is -5.27. The molecular weight excluding hydrogens is 638 g/mol. The van der Waals surface area contributed by atoms with E-state index in [0.29, 0.717) is 24.3 Å². The van der Waals surface area contributed by atoms with Crippen LogP contribution < -0.4 is 4.74 Å². The van der Waals surface area contributed by atoms with Crippen LogP contribution >= 0.6 is 0 Å². The zero-order valence-electron chi connectivity index (χ0n) is 27.5. The SMILES string of the molecule is CC(C(CCc1ccccc1)c1ccc(Oc2ccccc2)cc1)N(CC(=O)O)C(=O)C1OC(C(=O)O)(C(=O)O)OC1C(=O)OC(C)(C)C. The fraction of sp³-hybridized carbons (Fsp3) is 0.361. The van der Waals surface area contributed by atoms with Crippen molar-refractivity contribution in [3.8, 4) is 11.5 Å². The van der Waals surface area contributed by atoms with Gasteiger partial charge in [0.1, 0.15) is 23.6 Å². The van der Waals surface area contributed by atoms with Gasteiger partial charge in [0, 0.05) is 12.0 Å². The van der Waals surface area contributed by atoms with Crippen molar-refractivity contribution in [1.82, 2.24) is 4.90 Å². The highest BCUT2D eigenvalue weighted by atomic mass is 16.8. The van der Waals surface area contributed by atoms with Crippen molar-refractivity contribution in [2.75, 3.05) is 6.54 Å². The Bertz CT molecular complexity index is 1620. The molecule has 3 aromatic carbocycles. The van der Waals surface area contributed by atoms with Crippen LogP contribution in [0.15, 0.2) is 84.9 Å². The Morgan fingerprint density at radius 2 is 1.33 bits per heavy atom. The molecule has 0 bridgehead atoms. The van der Waals surface area contributed by atoms with Crippen molar-refractivity contribution in [1.29, 1.82) is 0 Å². The molecule has 4 atom stereocenters. The fourth-order valence-corrected chi connectivity index (χ4v) is 5.52. The standard InChI is InChI=1S/C36H39NO12/c1-22(27(20-15-23-11-7-5-8-12-23)24-16-18-26(19-17-24)46-25-13-9-6-10-14-25)37(21-28(38)39)31(40)29-30(32(41)49-35(2,3)4)48-36(47-29,33(42)43)34(44)45/h5-14,16-19,22,27,29-30H,15,20-21H2,1-4H3,(H,38,39)(H,42,43)(H,44,45). The summed E-state index contributed by atoms with van der Waals surface area (Å²) >= 11 is 0. The highest BCUT2D eigenvalue weighted by Gasteiger charge is 2.65. The van der Waals surface area contributed by atoms with Crippen molar-refractivity contribution in [3.05, 3.63) is 96.1 Å². The average Bonchev–Trinajstić information content (AvgIpc) is 3.47. The van der Waals surface area contributed by atoms with Gasteiger partial charge in [-0.1, -0.05) is 60.7 Å². The topological polar surface area (TPSA) is 186 Å². The third kappa shape index (κ3) is 9.00. The van der Waals surface area contributed by atoms with Crippen LogP contribution in [-0.2, 0) is 44.6 Å². The zero-order valence-corrected chi connectivity index (χ0v) is 27.5. The highest BCUT2D eigenvalue weighted by Crippen LogP contribution is 2.36. The van der Waals surface area contributed by atoms with Crippen LogP contribution in [0, 0.1) is 0 Å². The number of carboxylic acid groups (broad SMARTS) is 3. The Balaban J connectivity index is 1.72. The second-order valence-electron chi connectivity index (χ2n) is 12.6. The number of hydrogen-bond donors (Lipinski definition) is 3. The van der Waals surface area contributed by atoms with Gasteiger partial charge >= 0.3 is 29.7 Å². The molecule has 1 heterocycles. The Labute approximate surface area is 283 Å². The first kappa shape index (κ1) is 36.6. The number of ether oxygens (including phenoxy) is 4. The minimum atomic E-state index is -3.43. The second kappa shape index (κ2) is 15.3. The highest BCUT2D eigenvalue weighted by molar-refractivity contribution is 6.02. The summed E-state index contributed by atoms with van der Waals surface area (Å²) in [5, 5.41) is 29.5. The molecule has 4 unspecified atom stereocenters. The molecule has 0 spiro atoms. The van der Waals surface area contributed by atoms with Gasteiger partial charge in [0.25, 0.3) is 5.91 Å². The van der Waals surface area contributed by atoms with E-state index in [1.165, 1.54) is 20.8 Å². The number of para-hydroxylation sites is 1. The van der Waals surface area contributed by atoms with E-state index in [9.17, 15) is 39.3 Å². The van der Waals surface area contributed by atoms with Gasteiger partial charge in [-0.3, -0.25) is 9.59 Å². The molecule has 1 aliphatic rings. The Kier molecular flexibility index (Phi) is 11.4. The molecular formula is C36H39NO12. The summed E-state index contributed by atoms with van der Waals surface area (Å²) < 4.78 is 21.6. The molecule has 1 fully saturated rings. The van der Waals surface area contributed by atoms with Gasteiger partial charge in [-0.2, -0.15) is 0 Å². The molecule has 0 saturated carbocycles. The lowest BCUT2D eigenvalue weighted by molar-refractivity contribution is -0.221. The number of aryl methyl sites for hydroxylation is 1. The molecule has 260 valence electrons. The van der Waals surface area contributed by atoms with E-state index < -0.39 is 71.9 Å². The first-order valence-electron chi connectivity index (χ1n) is 15.6. The number of carbonyl (C=O) groups is 5. The number of hydrogen-bond acceptors (Lipinski definition) is 9. The zero-order chi connectivity index (χ0) is 35.9. The second-order valence-corrected chi connectivity index (χ2v) is 12.6. The minimum absolute atomic E-state index is 0.430. The van der Waals surface area contributed by atoms with Gasteiger partial charge in [-0.25, -0.2) is 14.4 Å². The molecule has 0 aromatic heterocycles. The van der Waals surface area contributed by atoms with Crippen LogP contribution in [0.1, 0.15) is 51.2 Å². The normalized spacial score (nSPS) is 18.1. The third-order valence-electron chi connectivity index (χ3n) is 7.84. The molecule has 13 heteroatoms. The van der Waals surface area contributed by atoms with Crippen LogP contribution in [0.4, 0.5) is 0 Å². The molecule has 3 aromatic rings. The summed E-state index contributed by atoms with van der Waals surface area (Å²) in [7, 11) is 0. The van der Waals surface area contributed by atoms with Crippen LogP contribution in [-0.4, -0.2) is 86.2 Å². The van der Waals surface area contributed by atoms with E-state index in [-0.39, 0.29) is 0 Å². The van der Waals surface area contributed by atoms with Crippen LogP contribution in [0.5, 0.6) is 11.5 Å². The number of rotatable bonds is 14. The lowest BCUT2D eigenvalue weighted by Crippen LogP contribution is -2.53. The van der Waals surface area contributed by atoms with Crippen molar-refractivity contribution in [2.45, 2.75) is 76.1 Å². The number of benzene rings is 3. The summed E-state index contributed by atoms with van der Waals surface area (Å²) in [5.74, 6) is -10.9. The van der Waals surface area contributed by atoms with E-state index in [2.05, 4.69) is 0 Å². The molecule has 0 radical (unpaired) electrons. The van der Waals surface area contributed by atoms with Gasteiger partial charge < -0.3 is 39.2 Å². The van der Waals surface area contributed by atoms with Gasteiger partial charge in [0.05, 0.1) is 0 Å². The quantitative estimate of drug-likeness (QED) is 0.161. The fourth-order valence-electron chi connectivity index (χ4n) is 5.52. The minimum Gasteiger partial charge on any atom is -0.480 e. The van der Waals surface area contributed by atoms with Crippen molar-refractivity contribution < 1.29 is 58.2 Å². The smallest absolute Gasteiger partial charge is 0.377 e. The third-order valence-corrected chi connectivity index (χ3v) is 7.84. The van der Waals surface area contributed by atoms with Gasteiger partial charge in [0.15, 0.2) is 12.2 Å². The van der Waals surface area contributed by atoms with Gasteiger partial charge in [0.2, 0.25) is 0 Å². The lowest BCUT2D eigenvalue weighted by Gasteiger charge is -2.36. The summed E-state index contributed by atoms with van der Waals surface area (Å²) in [6.45, 7) is 5.25. The largest absolute Gasteiger partial charge is 0.480 e. The van der Waals surface area contributed by atoms with Crippen LogP contribution in [0.25, 0.3) is 0 Å². The monoisotopic (exact) mass is 677 g/mol. The van der Waals surface area contributed by atoms with E-state index >= 15 is 0 Å². The molecule has 1 amide bonds. The number of carboxylic acids is 3. The summed E-state index contributed by atoms with van der Waals surface area (Å²) in [6.07, 6.45) is -3.34. The maximum absolute atomic E-state index is 14.2. The maximum Gasteiger partial charge on any atom is 0.377 e. The van der Waals surface area contributed by atoms with Gasteiger partial charge in [-0.05, 0) is 75.9 Å². The Morgan fingerprint density at radius 3 is 1.86 bits per heavy atom. The van der Waals surface area contributed by atoms with Crippen LogP contribution in [0.2, 0.25) is 0 Å². The first-order valence-corrected chi connectivity index (χ1v) is 15.6. The maximum atomic E-state index is 14.2. The Morgan fingerprint density at radius 1 is 0.796 bits per heavy atom. The van der Waals surface area contributed by atoms with E-state index in [1.807, 2.05) is 48.5 Å². The number of esters is 1. The van der Waals surface area contributed by atoms with Crippen LogP contribution in [0.3, 0.4) is 0 Å². The molecule has 13 nitrogen and oxygen atoms in total. The lowest BCUT2D eigenvalue weighted by atomic mass is 9.85. The molecule has 4 rings (SSSR count). The first-order chi connectivity index (χ1) is 23.1. The molecule has 1 saturated heterocycles. The summed E-state index contributed by atoms with van der Waals surface area (Å²) in [5.41, 5.74) is 0.577.